The van der Waals surface area contributed by atoms with Gasteiger partial charge in [0, 0.05) is 31.5 Å². The number of aromatic nitrogens is 2. The van der Waals surface area contributed by atoms with Crippen LogP contribution >= 0.6 is 0 Å². The molecule has 1 aromatic heterocycles. The van der Waals surface area contributed by atoms with Gasteiger partial charge in [0.1, 0.15) is 0 Å². The van der Waals surface area contributed by atoms with Crippen molar-refractivity contribution < 1.29 is 4.79 Å². The smallest absolute Gasteiger partial charge is 0.239 e. The molecule has 1 aliphatic rings. The van der Waals surface area contributed by atoms with Crippen LogP contribution in [0.4, 0.5) is 0 Å². The molecule has 2 heterocycles. The van der Waals surface area contributed by atoms with Crippen molar-refractivity contribution in [2.75, 3.05) is 13.1 Å². The Bertz CT molecular complexity index is 394. The van der Waals surface area contributed by atoms with Gasteiger partial charge in [-0.1, -0.05) is 13.8 Å². The molecule has 0 aromatic carbocycles. The van der Waals surface area contributed by atoms with E-state index in [4.69, 9.17) is 5.73 Å². The summed E-state index contributed by atoms with van der Waals surface area (Å²) in [6, 6.07) is 0.123. The van der Waals surface area contributed by atoms with Crippen LogP contribution in [-0.2, 0) is 4.79 Å². The number of nitrogens with two attached hydrogens (primary N) is 1. The first kappa shape index (κ1) is 14.1. The molecule has 19 heavy (non-hydrogen) atoms. The predicted octanol–water partition coefficient (Wildman–Crippen LogP) is 1.42. The fraction of sp³-hybridized carbons (Fsp3) is 0.714. The van der Waals surface area contributed by atoms with Crippen molar-refractivity contribution >= 4 is 5.91 Å². The predicted molar refractivity (Wildman–Crippen MR) is 74.5 cm³/mol. The summed E-state index contributed by atoms with van der Waals surface area (Å²) >= 11 is 0. The number of carbonyl (C=O) groups excluding carboxylic acids is 1. The zero-order chi connectivity index (χ0) is 13.8. The number of amides is 1. The summed E-state index contributed by atoms with van der Waals surface area (Å²) < 4.78 is 2.13. The molecule has 2 N–H and O–H groups in total. The molecule has 2 rings (SSSR count). The monoisotopic (exact) mass is 264 g/mol. The number of hydrogen-bond acceptors (Lipinski definition) is 3. The Morgan fingerprint density at radius 1 is 1.42 bits per heavy atom. The van der Waals surface area contributed by atoms with Crippen molar-refractivity contribution in [1.82, 2.24) is 14.5 Å². The molecule has 1 aromatic rings. The van der Waals surface area contributed by atoms with E-state index in [1.165, 1.54) is 0 Å². The largest absolute Gasteiger partial charge is 0.341 e. The first-order valence-corrected chi connectivity index (χ1v) is 7.09. The SMILES string of the molecule is CC(C)C[C@H](N)C(=O)N1CCC(n2ccnc2)CC1. The summed E-state index contributed by atoms with van der Waals surface area (Å²) in [6.45, 7) is 5.79. The van der Waals surface area contributed by atoms with Crippen molar-refractivity contribution in [3.8, 4) is 0 Å². The third-order valence-electron chi connectivity index (χ3n) is 3.77. The van der Waals surface area contributed by atoms with Gasteiger partial charge in [-0.05, 0) is 25.2 Å². The quantitative estimate of drug-likeness (QED) is 0.894. The average Bonchev–Trinajstić information content (AvgIpc) is 2.91. The topological polar surface area (TPSA) is 64.2 Å². The molecule has 1 aliphatic heterocycles. The van der Waals surface area contributed by atoms with Gasteiger partial charge >= 0.3 is 0 Å². The van der Waals surface area contributed by atoms with E-state index < -0.39 is 0 Å². The minimum atomic E-state index is -0.343. The van der Waals surface area contributed by atoms with Gasteiger partial charge in [-0.2, -0.15) is 0 Å². The number of likely N-dealkylation sites (tertiary alicyclic amines) is 1. The standard InChI is InChI=1S/C14H24N4O/c1-11(2)9-13(15)14(19)17-6-3-12(4-7-17)18-8-5-16-10-18/h5,8,10-13H,3-4,6-7,9,15H2,1-2H3/t13-/m0/s1. The summed E-state index contributed by atoms with van der Waals surface area (Å²) in [5.41, 5.74) is 5.97. The second-order valence-electron chi connectivity index (χ2n) is 5.80. The van der Waals surface area contributed by atoms with Gasteiger partial charge in [-0.3, -0.25) is 4.79 Å². The molecular weight excluding hydrogens is 240 g/mol. The Labute approximate surface area is 114 Å². The lowest BCUT2D eigenvalue weighted by atomic mass is 10.0. The Hall–Kier alpha value is -1.36. The molecule has 1 atom stereocenters. The van der Waals surface area contributed by atoms with E-state index in [1.807, 2.05) is 17.4 Å². The molecular formula is C14H24N4O. The van der Waals surface area contributed by atoms with Gasteiger partial charge < -0.3 is 15.2 Å². The van der Waals surface area contributed by atoms with Crippen molar-refractivity contribution in [1.29, 1.82) is 0 Å². The van der Waals surface area contributed by atoms with Crippen LogP contribution in [-0.4, -0.2) is 39.5 Å². The van der Waals surface area contributed by atoms with Crippen LogP contribution in [0.25, 0.3) is 0 Å². The van der Waals surface area contributed by atoms with E-state index in [-0.39, 0.29) is 11.9 Å². The van der Waals surface area contributed by atoms with Crippen LogP contribution in [0.15, 0.2) is 18.7 Å². The first-order chi connectivity index (χ1) is 9.08. The van der Waals surface area contributed by atoms with E-state index in [0.29, 0.717) is 12.0 Å². The van der Waals surface area contributed by atoms with E-state index in [1.54, 1.807) is 6.20 Å². The van der Waals surface area contributed by atoms with Crippen LogP contribution in [0.3, 0.4) is 0 Å². The lowest BCUT2D eigenvalue weighted by Crippen LogP contribution is -2.47. The first-order valence-electron chi connectivity index (χ1n) is 7.09. The number of imidazole rings is 1. The molecule has 0 aliphatic carbocycles. The molecule has 0 spiro atoms. The highest BCUT2D eigenvalue weighted by Crippen LogP contribution is 2.22. The van der Waals surface area contributed by atoms with Gasteiger partial charge in [-0.25, -0.2) is 4.98 Å². The normalized spacial score (nSPS) is 18.8. The van der Waals surface area contributed by atoms with Gasteiger partial charge in [-0.15, -0.1) is 0 Å². The number of hydrogen-bond donors (Lipinski definition) is 1. The Kier molecular flexibility index (Phi) is 4.58. The molecule has 0 saturated carbocycles. The van der Waals surface area contributed by atoms with Crippen molar-refractivity contribution in [2.45, 2.75) is 45.2 Å². The summed E-state index contributed by atoms with van der Waals surface area (Å²) in [7, 11) is 0. The maximum absolute atomic E-state index is 12.2. The number of carbonyl (C=O) groups is 1. The van der Waals surface area contributed by atoms with Crippen LogP contribution in [0.2, 0.25) is 0 Å². The van der Waals surface area contributed by atoms with Crippen molar-refractivity contribution in [2.24, 2.45) is 11.7 Å². The molecule has 1 saturated heterocycles. The molecule has 5 heteroatoms. The second-order valence-corrected chi connectivity index (χ2v) is 5.80. The Morgan fingerprint density at radius 2 is 2.11 bits per heavy atom. The van der Waals surface area contributed by atoms with Gasteiger partial charge in [0.2, 0.25) is 5.91 Å². The highest BCUT2D eigenvalue weighted by atomic mass is 16.2. The zero-order valence-electron chi connectivity index (χ0n) is 11.8. The van der Waals surface area contributed by atoms with E-state index in [2.05, 4.69) is 23.4 Å². The minimum Gasteiger partial charge on any atom is -0.341 e. The van der Waals surface area contributed by atoms with E-state index >= 15 is 0 Å². The van der Waals surface area contributed by atoms with Crippen LogP contribution in [0.5, 0.6) is 0 Å². The Morgan fingerprint density at radius 3 is 2.63 bits per heavy atom. The second kappa shape index (κ2) is 6.19. The van der Waals surface area contributed by atoms with Gasteiger partial charge in [0.05, 0.1) is 12.4 Å². The van der Waals surface area contributed by atoms with E-state index in [0.717, 1.165) is 32.4 Å². The highest BCUT2D eigenvalue weighted by molar-refractivity contribution is 5.81. The number of piperidine rings is 1. The molecule has 0 unspecified atom stereocenters. The maximum Gasteiger partial charge on any atom is 0.239 e. The molecule has 1 amide bonds. The molecule has 0 bridgehead atoms. The molecule has 1 fully saturated rings. The van der Waals surface area contributed by atoms with E-state index in [9.17, 15) is 4.79 Å². The summed E-state index contributed by atoms with van der Waals surface area (Å²) in [5, 5.41) is 0. The fourth-order valence-electron chi connectivity index (χ4n) is 2.71. The van der Waals surface area contributed by atoms with Crippen molar-refractivity contribution in [3.05, 3.63) is 18.7 Å². The van der Waals surface area contributed by atoms with Crippen molar-refractivity contribution in [3.63, 3.8) is 0 Å². The third kappa shape index (κ3) is 3.56. The third-order valence-corrected chi connectivity index (χ3v) is 3.77. The average molecular weight is 264 g/mol. The fourth-order valence-corrected chi connectivity index (χ4v) is 2.71. The maximum atomic E-state index is 12.2. The lowest BCUT2D eigenvalue weighted by Gasteiger charge is -2.34. The number of rotatable bonds is 4. The summed E-state index contributed by atoms with van der Waals surface area (Å²) in [4.78, 5) is 18.2. The molecule has 0 radical (unpaired) electrons. The van der Waals surface area contributed by atoms with Crippen LogP contribution in [0.1, 0.15) is 39.2 Å². The lowest BCUT2D eigenvalue weighted by molar-refractivity contribution is -0.134. The highest BCUT2D eigenvalue weighted by Gasteiger charge is 2.27. The number of nitrogens with zero attached hydrogens (tertiary/aromatic N) is 3. The zero-order valence-corrected chi connectivity index (χ0v) is 11.8. The molecule has 106 valence electrons. The Balaban J connectivity index is 1.84. The van der Waals surface area contributed by atoms with Gasteiger partial charge in [0.25, 0.3) is 0 Å². The minimum absolute atomic E-state index is 0.109. The van der Waals surface area contributed by atoms with Gasteiger partial charge in [0.15, 0.2) is 0 Å². The van der Waals surface area contributed by atoms with Crippen LogP contribution < -0.4 is 5.73 Å². The van der Waals surface area contributed by atoms with Crippen LogP contribution in [0, 0.1) is 5.92 Å². The molecule has 5 nitrogen and oxygen atoms in total. The summed E-state index contributed by atoms with van der Waals surface area (Å²) in [6.07, 6.45) is 8.38. The summed E-state index contributed by atoms with van der Waals surface area (Å²) in [5.74, 6) is 0.570.